The van der Waals surface area contributed by atoms with Gasteiger partial charge in [0.15, 0.2) is 0 Å². The third-order valence-electron chi connectivity index (χ3n) is 4.12. The highest BCUT2D eigenvalue weighted by Gasteiger charge is 2.54. The van der Waals surface area contributed by atoms with Crippen molar-refractivity contribution < 1.29 is 96.7 Å². The van der Waals surface area contributed by atoms with Gasteiger partial charge >= 0.3 is 30.5 Å². The molecule has 1 aliphatic heterocycles. The van der Waals surface area contributed by atoms with Gasteiger partial charge in [-0.1, -0.05) is 0 Å². The third-order valence-corrected chi connectivity index (χ3v) is 4.12. The number of aliphatic carboxylic acids is 1. The lowest BCUT2D eigenvalue weighted by molar-refractivity contribution is -0.670. The van der Waals surface area contributed by atoms with E-state index < -0.39 is 77.3 Å². The van der Waals surface area contributed by atoms with E-state index in [9.17, 15) is 46.1 Å². The quantitative estimate of drug-likeness (QED) is 0.0628. The molecule has 0 fully saturated rings. The first-order chi connectivity index (χ1) is 18.2. The lowest BCUT2D eigenvalue weighted by Gasteiger charge is -2.35. The number of carboxylic acid groups (broad SMARTS) is 1. The molecule has 22 heteroatoms. The molecule has 1 aromatic rings. The molecule has 40 heavy (non-hydrogen) atoms. The van der Waals surface area contributed by atoms with E-state index in [1.54, 1.807) is 7.05 Å². The molecule has 230 valence electrons. The molecule has 0 saturated heterocycles. The van der Waals surface area contributed by atoms with Crippen molar-refractivity contribution in [3.63, 3.8) is 0 Å². The molecular weight excluding hydrogens is 580 g/mol. The van der Waals surface area contributed by atoms with Crippen molar-refractivity contribution in [2.45, 2.75) is 30.4 Å². The van der Waals surface area contributed by atoms with Crippen molar-refractivity contribution >= 4 is 18.0 Å². The number of fused-ring (bicyclic) bond motifs is 1. The molecule has 16 nitrogen and oxygen atoms in total. The molecule has 1 unspecified atom stereocenters. The average Bonchev–Trinajstić information content (AvgIpc) is 2.80. The zero-order valence-corrected chi connectivity index (χ0v) is 19.9. The smallest absolute Gasteiger partial charge is 0.480 e. The Morgan fingerprint density at radius 2 is 1.62 bits per heavy atom. The Hall–Kier alpha value is -3.32. The number of carbonyl (C=O) groups is 2. The molecule has 13 N–H and O–H groups in total. The maximum absolute atomic E-state index is 13.5. The highest BCUT2D eigenvalue weighted by Crippen LogP contribution is 2.46. The first-order valence-corrected chi connectivity index (χ1v) is 9.83. The molecule has 0 amide bonds. The molecule has 0 radical (unpaired) electrons. The fraction of sp³-hybridized carbons (Fsp3) is 0.444. The number of nitrogens with two attached hydrogens (primary N) is 1. The van der Waals surface area contributed by atoms with Crippen molar-refractivity contribution in [3.05, 3.63) is 28.8 Å². The molecular formula is C18H24F6N3O13+. The molecule has 0 aromatic heterocycles. The molecule has 1 atom stereocenters. The number of hydrogen-bond donors (Lipinski definition) is 10. The monoisotopic (exact) mass is 604 g/mol. The van der Waals surface area contributed by atoms with E-state index in [0.717, 1.165) is 0 Å². The van der Waals surface area contributed by atoms with E-state index in [1.165, 1.54) is 0 Å². The van der Waals surface area contributed by atoms with Gasteiger partial charge in [-0.2, -0.15) is 13.2 Å². The van der Waals surface area contributed by atoms with Gasteiger partial charge in [0.2, 0.25) is 12.9 Å². The topological polar surface area (TPSA) is 278 Å². The average molecular weight is 604 g/mol. The number of hydrogen-bond acceptors (Lipinski definition) is 14. The Kier molecular flexibility index (Phi) is 13.2. The second-order valence-corrected chi connectivity index (χ2v) is 7.02. The van der Waals surface area contributed by atoms with Crippen LogP contribution in [0.3, 0.4) is 0 Å². The van der Waals surface area contributed by atoms with Crippen LogP contribution in [-0.4, -0.2) is 92.8 Å². The van der Waals surface area contributed by atoms with Gasteiger partial charge in [0, 0.05) is 5.56 Å². The molecule has 0 bridgehead atoms. The Morgan fingerprint density at radius 1 is 1.07 bits per heavy atom. The van der Waals surface area contributed by atoms with Gasteiger partial charge in [-0.3, -0.25) is 9.63 Å². The number of ether oxygens (including phenoxy) is 3. The normalized spacial score (nSPS) is 15.2. The molecule has 0 spiro atoms. The predicted molar refractivity (Wildman–Crippen MR) is 110 cm³/mol. The minimum Gasteiger partial charge on any atom is -0.480 e. The molecule has 1 aromatic carbocycles. The molecule has 0 aliphatic carbocycles. The van der Waals surface area contributed by atoms with Crippen LogP contribution in [0.5, 0.6) is 11.5 Å². The SMILES string of the molecule is CNCC(=O)O.NOCOC(=O)C1=Cc2cc(OC(F)(F)F)cc(C(O)(O)C(O)(O)O)c2OC1C(F)(F)F.[NH3+]O. The zero-order chi connectivity index (χ0) is 31.7. The maximum atomic E-state index is 13.5. The van der Waals surface area contributed by atoms with Gasteiger partial charge < -0.3 is 50.2 Å². The first-order valence-electron chi connectivity index (χ1n) is 9.83. The Labute approximate surface area is 218 Å². The number of carbonyl (C=O) groups excluding carboxylic acids is 1. The highest BCUT2D eigenvalue weighted by atomic mass is 19.4. The summed E-state index contributed by atoms with van der Waals surface area (Å²) in [5.41, 5.74) is -3.79. The van der Waals surface area contributed by atoms with E-state index in [4.69, 9.17) is 25.6 Å². The summed E-state index contributed by atoms with van der Waals surface area (Å²) in [7, 11) is 1.59. The van der Waals surface area contributed by atoms with Gasteiger partial charge in [-0.05, 0) is 25.3 Å². The maximum Gasteiger partial charge on any atom is 0.573 e. The van der Waals surface area contributed by atoms with E-state index in [1.807, 2.05) is 0 Å². The van der Waals surface area contributed by atoms with Crippen molar-refractivity contribution in [1.82, 2.24) is 5.32 Å². The lowest BCUT2D eigenvalue weighted by atomic mass is 9.94. The van der Waals surface area contributed by atoms with Crippen LogP contribution < -0.4 is 26.6 Å². The fourth-order valence-electron chi connectivity index (χ4n) is 2.65. The third kappa shape index (κ3) is 10.3. The summed E-state index contributed by atoms with van der Waals surface area (Å²) in [5.74, 6) is -7.14. The number of quaternary nitrogens is 1. The zero-order valence-electron chi connectivity index (χ0n) is 19.9. The lowest BCUT2D eigenvalue weighted by Crippen LogP contribution is -2.52. The Morgan fingerprint density at radius 3 is 2.00 bits per heavy atom. The standard InChI is InChI=1S/C15H13F6NO10.C3H7NO2.H4NO/c16-13(17,18)10-7(11(23)29-4-30-22)2-5-1-6(32-15(19,20)21)3-8(9(5)31-10)12(24,25)14(26,27)28;1-4-2-3(5)6;1-2/h1-3,10,24-28H,4,22H2;4H,2H2,1H3,(H,5,6);2H,1H3/q;;+1. The number of alkyl halides is 6. The fourth-order valence-corrected chi connectivity index (χ4v) is 2.65. The minimum absolute atomic E-state index is 0.0105. The second kappa shape index (κ2) is 14.4. The number of likely N-dealkylation sites (N-methyl/N-ethyl adjacent to an activating group) is 1. The van der Waals surface area contributed by atoms with Crippen LogP contribution in [0.1, 0.15) is 11.1 Å². The van der Waals surface area contributed by atoms with Crippen molar-refractivity contribution in [1.29, 1.82) is 0 Å². The molecule has 1 heterocycles. The van der Waals surface area contributed by atoms with E-state index in [-0.39, 0.29) is 12.6 Å². The number of nitrogens with one attached hydrogen (secondary N) is 1. The predicted octanol–water partition coefficient (Wildman–Crippen LogP) is -2.64. The van der Waals surface area contributed by atoms with E-state index >= 15 is 0 Å². The van der Waals surface area contributed by atoms with Crippen LogP contribution in [0.2, 0.25) is 0 Å². The van der Waals surface area contributed by atoms with Gasteiger partial charge in [-0.25, -0.2) is 21.8 Å². The number of benzene rings is 1. The van der Waals surface area contributed by atoms with Crippen LogP contribution in [0.4, 0.5) is 26.3 Å². The van der Waals surface area contributed by atoms with Gasteiger partial charge in [0.25, 0.3) is 5.79 Å². The first kappa shape index (κ1) is 36.7. The summed E-state index contributed by atoms with van der Waals surface area (Å²) in [5, 5.41) is 64.2. The van der Waals surface area contributed by atoms with Gasteiger partial charge in [-0.15, -0.1) is 13.2 Å². The van der Waals surface area contributed by atoms with Crippen LogP contribution in [0, 0.1) is 0 Å². The number of esters is 1. The summed E-state index contributed by atoms with van der Waals surface area (Å²) in [6.07, 6.45) is -13.7. The van der Waals surface area contributed by atoms with Gasteiger partial charge in [0.1, 0.15) is 11.5 Å². The number of halogens is 6. The van der Waals surface area contributed by atoms with Crippen molar-refractivity contribution in [3.8, 4) is 11.5 Å². The van der Waals surface area contributed by atoms with Gasteiger partial charge in [0.05, 0.1) is 17.7 Å². The summed E-state index contributed by atoms with van der Waals surface area (Å²) >= 11 is 0. The number of rotatable bonds is 8. The van der Waals surface area contributed by atoms with E-state index in [2.05, 4.69) is 36.2 Å². The Bertz CT molecular complexity index is 1040. The van der Waals surface area contributed by atoms with Crippen molar-refractivity contribution in [2.24, 2.45) is 5.90 Å². The van der Waals surface area contributed by atoms with Crippen molar-refractivity contribution in [2.75, 3.05) is 20.4 Å². The summed E-state index contributed by atoms with van der Waals surface area (Å²) in [4.78, 5) is 25.4. The number of carboxylic acids is 1. The molecule has 2 rings (SSSR count). The minimum atomic E-state index is -5.40. The largest absolute Gasteiger partial charge is 0.573 e. The summed E-state index contributed by atoms with van der Waals surface area (Å²) in [6.45, 7) is -0.978. The van der Waals surface area contributed by atoms with Crippen LogP contribution >= 0.6 is 0 Å². The highest BCUT2D eigenvalue weighted by molar-refractivity contribution is 5.96. The molecule has 1 aliphatic rings. The second-order valence-electron chi connectivity index (χ2n) is 7.02. The summed E-state index contributed by atoms with van der Waals surface area (Å²) < 4.78 is 90.6. The molecule has 0 saturated carbocycles. The number of aliphatic hydroxyl groups is 5. The van der Waals surface area contributed by atoms with Crippen LogP contribution in [0.15, 0.2) is 17.7 Å². The summed E-state index contributed by atoms with van der Waals surface area (Å²) in [6, 6.07) is 0.381. The Balaban J connectivity index is 0.00000168. The van der Waals surface area contributed by atoms with Crippen LogP contribution in [0.25, 0.3) is 6.08 Å². The van der Waals surface area contributed by atoms with E-state index in [0.29, 0.717) is 12.1 Å². The van der Waals surface area contributed by atoms with Crippen LogP contribution in [-0.2, 0) is 25.0 Å².